The van der Waals surface area contributed by atoms with E-state index >= 15 is 0 Å². The number of hydrogen-bond acceptors (Lipinski definition) is 6. The number of nitrogens with zero attached hydrogens (tertiary/aromatic N) is 3. The van der Waals surface area contributed by atoms with E-state index in [2.05, 4.69) is 15.3 Å². The highest BCUT2D eigenvalue weighted by molar-refractivity contribution is 6.02. The predicted molar refractivity (Wildman–Crippen MR) is 103 cm³/mol. The number of amides is 2. The highest BCUT2D eigenvalue weighted by Gasteiger charge is 2.34. The minimum absolute atomic E-state index is 0.0449. The molecule has 1 fully saturated rings. The number of aliphatic hydroxyl groups is 1. The third-order valence-corrected chi connectivity index (χ3v) is 4.47. The molecule has 1 aromatic carbocycles. The van der Waals surface area contributed by atoms with E-state index in [-0.39, 0.29) is 36.6 Å². The maximum absolute atomic E-state index is 12.2. The molecule has 3 rings (SSSR count). The second-order valence-corrected chi connectivity index (χ2v) is 7.13. The first-order valence-electron chi connectivity index (χ1n) is 9.18. The second kappa shape index (κ2) is 8.90. The van der Waals surface area contributed by atoms with Crippen LogP contribution in [-0.2, 0) is 9.53 Å². The summed E-state index contributed by atoms with van der Waals surface area (Å²) in [6, 6.07) is 6.41. The number of carbonyl (C=O) groups is 2. The van der Waals surface area contributed by atoms with Gasteiger partial charge in [0, 0.05) is 24.6 Å². The molecule has 8 heteroatoms. The van der Waals surface area contributed by atoms with E-state index in [9.17, 15) is 14.7 Å². The Bertz CT molecular complexity index is 811. The molecule has 148 valence electrons. The van der Waals surface area contributed by atoms with Crippen LogP contribution in [-0.4, -0.2) is 57.6 Å². The molecule has 1 aliphatic rings. The molecule has 8 nitrogen and oxygen atoms in total. The number of anilines is 1. The number of rotatable bonds is 6. The van der Waals surface area contributed by atoms with Crippen molar-refractivity contribution < 1.29 is 19.4 Å². The molecule has 0 saturated carbocycles. The van der Waals surface area contributed by atoms with Crippen LogP contribution in [0.3, 0.4) is 0 Å². The van der Waals surface area contributed by atoms with Crippen molar-refractivity contribution in [2.24, 2.45) is 5.92 Å². The summed E-state index contributed by atoms with van der Waals surface area (Å²) in [5.41, 5.74) is 1.44. The molecule has 0 bridgehead atoms. The lowest BCUT2D eigenvalue weighted by Crippen LogP contribution is -2.53. The molecule has 2 heterocycles. The van der Waals surface area contributed by atoms with Crippen molar-refractivity contribution in [2.75, 3.05) is 25.1 Å². The average molecular weight is 384 g/mol. The Morgan fingerprint density at radius 3 is 2.71 bits per heavy atom. The minimum atomic E-state index is -0.882. The van der Waals surface area contributed by atoms with E-state index in [1.165, 1.54) is 18.6 Å². The second-order valence-electron chi connectivity index (χ2n) is 7.13. The van der Waals surface area contributed by atoms with Crippen LogP contribution in [0.5, 0.6) is 0 Å². The van der Waals surface area contributed by atoms with Gasteiger partial charge in [-0.25, -0.2) is 4.98 Å². The lowest BCUT2D eigenvalue weighted by Gasteiger charge is -2.39. The zero-order valence-electron chi connectivity index (χ0n) is 15.9. The summed E-state index contributed by atoms with van der Waals surface area (Å²) in [5.74, 6) is -0.192. The maximum Gasteiger partial charge on any atom is 0.275 e. The van der Waals surface area contributed by atoms with Gasteiger partial charge < -0.3 is 20.1 Å². The zero-order chi connectivity index (χ0) is 20.1. The molecule has 2 amide bonds. The molecule has 28 heavy (non-hydrogen) atoms. The number of aromatic nitrogens is 2. The highest BCUT2D eigenvalue weighted by Crippen LogP contribution is 2.26. The van der Waals surface area contributed by atoms with Gasteiger partial charge in [-0.05, 0) is 23.6 Å². The van der Waals surface area contributed by atoms with Crippen molar-refractivity contribution >= 4 is 17.5 Å². The summed E-state index contributed by atoms with van der Waals surface area (Å²) < 4.78 is 5.35. The van der Waals surface area contributed by atoms with E-state index in [4.69, 9.17) is 4.74 Å². The molecular weight excluding hydrogens is 360 g/mol. The first-order valence-corrected chi connectivity index (χ1v) is 9.18. The number of benzene rings is 1. The van der Waals surface area contributed by atoms with Crippen molar-refractivity contribution in [1.82, 2.24) is 14.9 Å². The monoisotopic (exact) mass is 384 g/mol. The first-order chi connectivity index (χ1) is 13.5. The summed E-state index contributed by atoms with van der Waals surface area (Å²) in [7, 11) is 0. The highest BCUT2D eigenvalue weighted by atomic mass is 16.5. The van der Waals surface area contributed by atoms with Crippen LogP contribution in [0.4, 0.5) is 5.69 Å². The van der Waals surface area contributed by atoms with Crippen LogP contribution < -0.4 is 5.32 Å². The van der Waals surface area contributed by atoms with Crippen LogP contribution in [0.2, 0.25) is 0 Å². The lowest BCUT2D eigenvalue weighted by atomic mass is 9.99. The van der Waals surface area contributed by atoms with Gasteiger partial charge in [-0.2, -0.15) is 0 Å². The van der Waals surface area contributed by atoms with Gasteiger partial charge in [-0.15, -0.1) is 0 Å². The van der Waals surface area contributed by atoms with Gasteiger partial charge in [0.1, 0.15) is 18.4 Å². The van der Waals surface area contributed by atoms with E-state index in [0.717, 1.165) is 0 Å². The number of morpholine rings is 1. The quantitative estimate of drug-likeness (QED) is 0.785. The Balaban J connectivity index is 1.69. The fraction of sp³-hybridized carbons (Fsp3) is 0.400. The Labute approximate surface area is 163 Å². The van der Waals surface area contributed by atoms with Crippen LogP contribution in [0.15, 0.2) is 42.9 Å². The Kier molecular flexibility index (Phi) is 6.33. The molecule has 1 saturated heterocycles. The lowest BCUT2D eigenvalue weighted by molar-refractivity contribution is -0.155. The fourth-order valence-electron chi connectivity index (χ4n) is 3.11. The topological polar surface area (TPSA) is 105 Å². The van der Waals surface area contributed by atoms with Crippen molar-refractivity contribution in [3.63, 3.8) is 0 Å². The van der Waals surface area contributed by atoms with Crippen molar-refractivity contribution in [3.05, 3.63) is 54.1 Å². The van der Waals surface area contributed by atoms with Gasteiger partial charge in [0.2, 0.25) is 5.91 Å². The third kappa shape index (κ3) is 4.71. The van der Waals surface area contributed by atoms with Crippen molar-refractivity contribution in [1.29, 1.82) is 0 Å². The summed E-state index contributed by atoms with van der Waals surface area (Å²) in [5, 5.41) is 13.6. The Morgan fingerprint density at radius 1 is 1.32 bits per heavy atom. The number of hydrogen-bond donors (Lipinski definition) is 2. The molecule has 2 aromatic rings. The summed E-state index contributed by atoms with van der Waals surface area (Å²) in [6.45, 7) is 4.95. The van der Waals surface area contributed by atoms with Gasteiger partial charge in [-0.1, -0.05) is 26.0 Å². The van der Waals surface area contributed by atoms with Gasteiger partial charge in [-0.3, -0.25) is 14.6 Å². The van der Waals surface area contributed by atoms with Gasteiger partial charge in [0.05, 0.1) is 18.8 Å². The minimum Gasteiger partial charge on any atom is -0.386 e. The average Bonchev–Trinajstić information content (AvgIpc) is 2.70. The molecule has 2 N–H and O–H groups in total. The van der Waals surface area contributed by atoms with E-state index < -0.39 is 12.1 Å². The van der Waals surface area contributed by atoms with E-state index in [1.807, 2.05) is 13.8 Å². The fourth-order valence-corrected chi connectivity index (χ4v) is 3.11. The summed E-state index contributed by atoms with van der Waals surface area (Å²) >= 11 is 0. The molecule has 0 aliphatic carbocycles. The molecule has 0 radical (unpaired) electrons. The zero-order valence-corrected chi connectivity index (χ0v) is 15.9. The molecule has 2 unspecified atom stereocenters. The molecule has 2 atom stereocenters. The third-order valence-electron chi connectivity index (χ3n) is 4.47. The van der Waals surface area contributed by atoms with Crippen molar-refractivity contribution in [3.8, 4) is 0 Å². The molecule has 1 aromatic heterocycles. The molecular formula is C20H24N4O4. The van der Waals surface area contributed by atoms with Crippen LogP contribution in [0, 0.1) is 5.92 Å². The van der Waals surface area contributed by atoms with E-state index in [1.54, 1.807) is 29.2 Å². The predicted octanol–water partition coefficient (Wildman–Crippen LogP) is 1.65. The number of nitrogens with one attached hydrogen (secondary N) is 1. The van der Waals surface area contributed by atoms with Gasteiger partial charge in [0.25, 0.3) is 5.91 Å². The summed E-state index contributed by atoms with van der Waals surface area (Å²) in [6.07, 6.45) is 3.45. The number of carbonyl (C=O) groups excluding carboxylic acids is 2. The van der Waals surface area contributed by atoms with Crippen LogP contribution in [0.1, 0.15) is 36.0 Å². The first kappa shape index (κ1) is 19.9. The van der Waals surface area contributed by atoms with Crippen LogP contribution in [0.25, 0.3) is 0 Å². The van der Waals surface area contributed by atoms with E-state index in [0.29, 0.717) is 17.8 Å². The normalized spacial score (nSPS) is 18.2. The molecule has 1 aliphatic heterocycles. The largest absolute Gasteiger partial charge is 0.386 e. The number of ether oxygens (including phenoxy) is 1. The standard InChI is InChI=1S/C20H24N4O4/c1-13(2)10-24-17(11-28-12-18(24)25)19(26)14-3-5-15(6-4-14)23-20(27)16-9-21-7-8-22-16/h3-9,13,17,19,26H,10-12H2,1-2H3,(H,23,27). The maximum atomic E-state index is 12.2. The number of aliphatic hydroxyl groups excluding tert-OH is 1. The smallest absolute Gasteiger partial charge is 0.275 e. The summed E-state index contributed by atoms with van der Waals surface area (Å²) in [4.78, 5) is 33.9. The Hall–Kier alpha value is -2.84. The van der Waals surface area contributed by atoms with Crippen molar-refractivity contribution in [2.45, 2.75) is 26.0 Å². The molecule has 0 spiro atoms. The van der Waals surface area contributed by atoms with Gasteiger partial charge in [0.15, 0.2) is 0 Å². The van der Waals surface area contributed by atoms with Crippen LogP contribution >= 0.6 is 0 Å². The Morgan fingerprint density at radius 2 is 2.07 bits per heavy atom. The van der Waals surface area contributed by atoms with Gasteiger partial charge >= 0.3 is 0 Å². The SMILES string of the molecule is CC(C)CN1C(=O)COCC1C(O)c1ccc(NC(=O)c2cnccn2)cc1.